The largest absolute Gasteiger partial charge is 0.411 e. The molecule has 0 amide bonds. The van der Waals surface area contributed by atoms with E-state index >= 15 is 0 Å². The van der Waals surface area contributed by atoms with Gasteiger partial charge in [-0.2, -0.15) is 0 Å². The molecule has 1 aromatic heterocycles. The third-order valence-corrected chi connectivity index (χ3v) is 3.87. The fourth-order valence-corrected chi connectivity index (χ4v) is 2.92. The van der Waals surface area contributed by atoms with Gasteiger partial charge in [0.25, 0.3) is 0 Å². The van der Waals surface area contributed by atoms with Crippen LogP contribution in [-0.2, 0) is 12.8 Å². The Labute approximate surface area is 118 Å². The first kappa shape index (κ1) is 12.9. The number of aryl methyl sites for hydroxylation is 1. The summed E-state index contributed by atoms with van der Waals surface area (Å²) >= 11 is 0. The minimum atomic E-state index is 0.289. The predicted molar refractivity (Wildman–Crippen MR) is 76.3 cm³/mol. The van der Waals surface area contributed by atoms with Crippen molar-refractivity contribution in [2.75, 3.05) is 0 Å². The standard InChI is InChI=1S/C16H18N2O2/c1-2-6-13-16-14(17-19)9-12(10-15(16)20-18-13)11-7-4-3-5-8-11/h3-5,7-8,12,19H,2,6,9-10H2,1H3. The van der Waals surface area contributed by atoms with E-state index in [0.717, 1.165) is 42.7 Å². The second-order valence-corrected chi connectivity index (χ2v) is 5.24. The number of rotatable bonds is 3. The maximum Gasteiger partial charge on any atom is 0.146 e. The van der Waals surface area contributed by atoms with Crippen molar-refractivity contribution in [2.24, 2.45) is 5.16 Å². The van der Waals surface area contributed by atoms with Gasteiger partial charge in [-0.3, -0.25) is 0 Å². The summed E-state index contributed by atoms with van der Waals surface area (Å²) in [6.07, 6.45) is 3.40. The molecule has 1 atom stereocenters. The number of benzene rings is 1. The van der Waals surface area contributed by atoms with Gasteiger partial charge in [-0.05, 0) is 17.9 Å². The lowest BCUT2D eigenvalue weighted by Gasteiger charge is -2.22. The van der Waals surface area contributed by atoms with Gasteiger partial charge < -0.3 is 9.73 Å². The lowest BCUT2D eigenvalue weighted by atomic mass is 9.81. The van der Waals surface area contributed by atoms with Gasteiger partial charge >= 0.3 is 0 Å². The molecule has 1 aromatic carbocycles. The Hall–Kier alpha value is -2.10. The van der Waals surface area contributed by atoms with Crippen LogP contribution in [0.15, 0.2) is 40.0 Å². The molecule has 0 saturated heterocycles. The lowest BCUT2D eigenvalue weighted by molar-refractivity contribution is 0.315. The average Bonchev–Trinajstić information content (AvgIpc) is 2.91. The highest BCUT2D eigenvalue weighted by Gasteiger charge is 2.31. The van der Waals surface area contributed by atoms with Crippen molar-refractivity contribution in [3.63, 3.8) is 0 Å². The van der Waals surface area contributed by atoms with E-state index in [1.165, 1.54) is 5.56 Å². The van der Waals surface area contributed by atoms with Crippen molar-refractivity contribution in [1.82, 2.24) is 5.16 Å². The Morgan fingerprint density at radius 2 is 2.10 bits per heavy atom. The van der Waals surface area contributed by atoms with E-state index in [2.05, 4.69) is 29.4 Å². The highest BCUT2D eigenvalue weighted by Crippen LogP contribution is 2.34. The molecule has 0 saturated carbocycles. The first-order valence-corrected chi connectivity index (χ1v) is 7.07. The van der Waals surface area contributed by atoms with Crippen molar-refractivity contribution in [2.45, 2.75) is 38.5 Å². The number of hydrogen-bond acceptors (Lipinski definition) is 4. The Kier molecular flexibility index (Phi) is 3.54. The Balaban J connectivity index is 1.96. The first-order chi connectivity index (χ1) is 9.83. The van der Waals surface area contributed by atoms with E-state index in [4.69, 9.17) is 4.52 Å². The normalized spacial score (nSPS) is 20.1. The summed E-state index contributed by atoms with van der Waals surface area (Å²) in [7, 11) is 0. The Morgan fingerprint density at radius 1 is 1.30 bits per heavy atom. The number of hydrogen-bond donors (Lipinski definition) is 1. The van der Waals surface area contributed by atoms with Crippen LogP contribution in [0.25, 0.3) is 0 Å². The number of nitrogens with zero attached hydrogens (tertiary/aromatic N) is 2. The molecular weight excluding hydrogens is 252 g/mol. The van der Waals surface area contributed by atoms with Crippen LogP contribution in [0.1, 0.15) is 48.3 Å². The number of fused-ring (bicyclic) bond motifs is 1. The predicted octanol–water partition coefficient (Wildman–Crippen LogP) is 3.54. The van der Waals surface area contributed by atoms with E-state index in [-0.39, 0.29) is 5.92 Å². The molecule has 20 heavy (non-hydrogen) atoms. The summed E-state index contributed by atoms with van der Waals surface area (Å²) < 4.78 is 5.48. The van der Waals surface area contributed by atoms with Gasteiger partial charge in [0.2, 0.25) is 0 Å². The molecule has 1 aliphatic carbocycles. The molecule has 3 rings (SSSR count). The van der Waals surface area contributed by atoms with Crippen LogP contribution in [0, 0.1) is 0 Å². The topological polar surface area (TPSA) is 58.6 Å². The van der Waals surface area contributed by atoms with E-state index in [1.807, 2.05) is 18.2 Å². The van der Waals surface area contributed by atoms with Crippen molar-refractivity contribution < 1.29 is 9.73 Å². The van der Waals surface area contributed by atoms with Gasteiger partial charge in [0, 0.05) is 12.8 Å². The van der Waals surface area contributed by atoms with Crippen molar-refractivity contribution in [3.8, 4) is 0 Å². The fourth-order valence-electron chi connectivity index (χ4n) is 2.92. The van der Waals surface area contributed by atoms with Crippen molar-refractivity contribution >= 4 is 5.71 Å². The molecule has 104 valence electrons. The van der Waals surface area contributed by atoms with E-state index in [1.54, 1.807) is 0 Å². The second-order valence-electron chi connectivity index (χ2n) is 5.24. The molecule has 1 unspecified atom stereocenters. The zero-order chi connectivity index (χ0) is 13.9. The first-order valence-electron chi connectivity index (χ1n) is 7.07. The summed E-state index contributed by atoms with van der Waals surface area (Å²) in [5, 5.41) is 17.0. The highest BCUT2D eigenvalue weighted by molar-refractivity contribution is 6.03. The molecule has 0 aliphatic heterocycles. The maximum atomic E-state index is 9.33. The summed E-state index contributed by atoms with van der Waals surface area (Å²) in [6.45, 7) is 2.10. The van der Waals surface area contributed by atoms with E-state index in [9.17, 15) is 5.21 Å². The monoisotopic (exact) mass is 270 g/mol. The molecule has 0 fully saturated rings. The van der Waals surface area contributed by atoms with Gasteiger partial charge in [0.1, 0.15) is 5.76 Å². The van der Waals surface area contributed by atoms with Crippen LogP contribution in [-0.4, -0.2) is 16.1 Å². The third-order valence-electron chi connectivity index (χ3n) is 3.87. The van der Waals surface area contributed by atoms with Crippen molar-refractivity contribution in [1.29, 1.82) is 0 Å². The van der Waals surface area contributed by atoms with E-state index < -0.39 is 0 Å². The Bertz CT molecular complexity index is 617. The van der Waals surface area contributed by atoms with Crippen LogP contribution < -0.4 is 0 Å². The maximum absolute atomic E-state index is 9.33. The van der Waals surface area contributed by atoms with Gasteiger partial charge in [-0.15, -0.1) is 0 Å². The van der Waals surface area contributed by atoms with Crippen LogP contribution in [0.5, 0.6) is 0 Å². The van der Waals surface area contributed by atoms with Crippen LogP contribution in [0.2, 0.25) is 0 Å². The molecular formula is C16H18N2O2. The summed E-state index contributed by atoms with van der Waals surface area (Å²) in [5.74, 6) is 1.14. The molecule has 0 bridgehead atoms. The van der Waals surface area contributed by atoms with Crippen LogP contribution in [0.4, 0.5) is 0 Å². The second kappa shape index (κ2) is 5.49. The quantitative estimate of drug-likeness (QED) is 0.685. The zero-order valence-corrected chi connectivity index (χ0v) is 11.5. The van der Waals surface area contributed by atoms with Crippen LogP contribution in [0.3, 0.4) is 0 Å². The summed E-state index contributed by atoms with van der Waals surface area (Å²) in [6, 6.07) is 10.3. The Morgan fingerprint density at radius 3 is 2.80 bits per heavy atom. The molecule has 4 nitrogen and oxygen atoms in total. The molecule has 0 spiro atoms. The smallest absolute Gasteiger partial charge is 0.146 e. The summed E-state index contributed by atoms with van der Waals surface area (Å²) in [5.41, 5.74) is 3.79. The minimum absolute atomic E-state index is 0.289. The molecule has 1 heterocycles. The van der Waals surface area contributed by atoms with E-state index in [0.29, 0.717) is 5.71 Å². The molecule has 2 aromatic rings. The molecule has 0 radical (unpaired) electrons. The van der Waals surface area contributed by atoms with Gasteiger partial charge in [0.05, 0.1) is 17.0 Å². The highest BCUT2D eigenvalue weighted by atomic mass is 16.5. The van der Waals surface area contributed by atoms with Crippen molar-refractivity contribution in [3.05, 3.63) is 52.9 Å². The molecule has 1 N–H and O–H groups in total. The van der Waals surface area contributed by atoms with Gasteiger partial charge in [-0.1, -0.05) is 54.0 Å². The average molecular weight is 270 g/mol. The van der Waals surface area contributed by atoms with Gasteiger partial charge in [-0.25, -0.2) is 0 Å². The van der Waals surface area contributed by atoms with Crippen LogP contribution >= 0.6 is 0 Å². The lowest BCUT2D eigenvalue weighted by Crippen LogP contribution is -2.19. The number of aromatic nitrogens is 1. The minimum Gasteiger partial charge on any atom is -0.411 e. The zero-order valence-electron chi connectivity index (χ0n) is 11.5. The molecule has 1 aliphatic rings. The summed E-state index contributed by atoms with van der Waals surface area (Å²) in [4.78, 5) is 0. The number of oxime groups is 1. The third kappa shape index (κ3) is 2.22. The van der Waals surface area contributed by atoms with Gasteiger partial charge in [0.15, 0.2) is 0 Å². The SMILES string of the molecule is CCCc1noc2c1C(=NO)CC(c1ccccc1)C2. The molecule has 4 heteroatoms. The fraction of sp³-hybridized carbons (Fsp3) is 0.375.